The van der Waals surface area contributed by atoms with Crippen LogP contribution < -0.4 is 20.7 Å². The number of rotatable bonds is 10. The molecule has 0 fully saturated rings. The second-order valence-corrected chi connectivity index (χ2v) is 7.96. The highest BCUT2D eigenvalue weighted by atomic mass is 16.5. The molecule has 0 spiro atoms. The Balaban J connectivity index is 1.66. The molecule has 4 N–H and O–H groups in total. The number of hydrogen-bond acceptors (Lipinski definition) is 4. The van der Waals surface area contributed by atoms with Crippen molar-refractivity contribution in [3.63, 3.8) is 0 Å². The summed E-state index contributed by atoms with van der Waals surface area (Å²) in [6, 6.07) is 20.0. The fourth-order valence-electron chi connectivity index (χ4n) is 3.44. The Labute approximate surface area is 204 Å². The summed E-state index contributed by atoms with van der Waals surface area (Å²) in [5, 5.41) is 17.8. The molecule has 0 aromatic heterocycles. The third kappa shape index (κ3) is 7.33. The van der Waals surface area contributed by atoms with E-state index in [-0.39, 0.29) is 12.5 Å². The van der Waals surface area contributed by atoms with Crippen LogP contribution in [0.2, 0.25) is 0 Å². The molecule has 0 saturated carbocycles. The molecule has 182 valence electrons. The van der Waals surface area contributed by atoms with Crippen LogP contribution in [0.3, 0.4) is 0 Å². The third-order valence-electron chi connectivity index (χ3n) is 5.34. The predicted molar refractivity (Wildman–Crippen MR) is 135 cm³/mol. The first-order valence-electron chi connectivity index (χ1n) is 11.3. The van der Waals surface area contributed by atoms with Gasteiger partial charge in [-0.1, -0.05) is 43.3 Å². The molecule has 3 rings (SSSR count). The van der Waals surface area contributed by atoms with Gasteiger partial charge in [0.15, 0.2) is 0 Å². The number of nitrogens with one attached hydrogen (secondary N) is 3. The molecule has 0 aliphatic rings. The van der Waals surface area contributed by atoms with Crippen LogP contribution in [-0.4, -0.2) is 42.7 Å². The summed E-state index contributed by atoms with van der Waals surface area (Å²) in [6.45, 7) is 2.59. The number of anilines is 1. The van der Waals surface area contributed by atoms with Crippen LogP contribution in [0.25, 0.3) is 11.1 Å². The van der Waals surface area contributed by atoms with E-state index in [1.165, 1.54) is 7.11 Å². The number of benzene rings is 3. The predicted octanol–water partition coefficient (Wildman–Crippen LogP) is 4.32. The summed E-state index contributed by atoms with van der Waals surface area (Å²) >= 11 is 0. The average molecular weight is 476 g/mol. The molecular formula is C27H29N3O5. The maximum Gasteiger partial charge on any atom is 0.326 e. The van der Waals surface area contributed by atoms with Crippen LogP contribution >= 0.6 is 0 Å². The van der Waals surface area contributed by atoms with E-state index in [1.807, 2.05) is 55.5 Å². The number of methoxy groups -OCH3 is 1. The minimum absolute atomic E-state index is 0.136. The topological polar surface area (TPSA) is 117 Å². The Morgan fingerprint density at radius 2 is 1.66 bits per heavy atom. The maximum atomic E-state index is 12.5. The Kier molecular flexibility index (Phi) is 8.83. The van der Waals surface area contributed by atoms with Crippen molar-refractivity contribution in [2.75, 3.05) is 19.0 Å². The number of carbonyl (C=O) groups is 3. The summed E-state index contributed by atoms with van der Waals surface area (Å²) in [4.78, 5) is 36.2. The lowest BCUT2D eigenvalue weighted by molar-refractivity contribution is -0.139. The van der Waals surface area contributed by atoms with Crippen LogP contribution in [0.1, 0.15) is 29.3 Å². The number of urea groups is 1. The highest BCUT2D eigenvalue weighted by molar-refractivity contribution is 5.96. The Bertz CT molecular complexity index is 1160. The van der Waals surface area contributed by atoms with Gasteiger partial charge in [0.2, 0.25) is 0 Å². The summed E-state index contributed by atoms with van der Waals surface area (Å²) in [5.41, 5.74) is 3.62. The average Bonchev–Trinajstić information content (AvgIpc) is 2.87. The summed E-state index contributed by atoms with van der Waals surface area (Å²) in [7, 11) is 1.53. The summed E-state index contributed by atoms with van der Waals surface area (Å²) < 4.78 is 5.08. The molecule has 0 aliphatic carbocycles. The summed E-state index contributed by atoms with van der Waals surface area (Å²) in [5.74, 6) is -0.975. The molecule has 3 aromatic carbocycles. The van der Waals surface area contributed by atoms with Crippen LogP contribution in [-0.2, 0) is 11.2 Å². The van der Waals surface area contributed by atoms with E-state index in [9.17, 15) is 19.5 Å². The van der Waals surface area contributed by atoms with Gasteiger partial charge in [0.1, 0.15) is 11.8 Å². The van der Waals surface area contributed by atoms with Gasteiger partial charge in [-0.3, -0.25) is 4.79 Å². The number of ether oxygens (including phenoxy) is 1. The van der Waals surface area contributed by atoms with Gasteiger partial charge in [0, 0.05) is 24.2 Å². The minimum atomic E-state index is -1.11. The SMILES string of the molecule is CCCNC(=O)Nc1cccc(-c2ccc(C[C@H](NC(=O)c3ccc(OC)cc3)C(=O)O)cc2)c1. The van der Waals surface area contributed by atoms with Crippen molar-refractivity contribution in [1.82, 2.24) is 10.6 Å². The van der Waals surface area contributed by atoms with Crippen molar-refractivity contribution in [2.24, 2.45) is 0 Å². The number of carboxylic acid groups (broad SMARTS) is 1. The lowest BCUT2D eigenvalue weighted by atomic mass is 10.00. The first-order chi connectivity index (χ1) is 16.9. The minimum Gasteiger partial charge on any atom is -0.497 e. The van der Waals surface area contributed by atoms with E-state index in [2.05, 4.69) is 16.0 Å². The molecule has 0 heterocycles. The van der Waals surface area contributed by atoms with E-state index in [4.69, 9.17) is 4.74 Å². The van der Waals surface area contributed by atoms with Crippen LogP contribution in [0.5, 0.6) is 5.75 Å². The zero-order chi connectivity index (χ0) is 25.2. The molecule has 8 nitrogen and oxygen atoms in total. The van der Waals surface area contributed by atoms with Crippen molar-refractivity contribution in [2.45, 2.75) is 25.8 Å². The van der Waals surface area contributed by atoms with E-state index in [0.717, 1.165) is 23.1 Å². The number of carbonyl (C=O) groups excluding carboxylic acids is 2. The molecule has 0 radical (unpaired) electrons. The molecule has 0 unspecified atom stereocenters. The van der Waals surface area contributed by atoms with E-state index in [1.54, 1.807) is 24.3 Å². The smallest absolute Gasteiger partial charge is 0.326 e. The number of amides is 3. The largest absolute Gasteiger partial charge is 0.497 e. The number of aliphatic carboxylic acids is 1. The van der Waals surface area contributed by atoms with Crippen molar-refractivity contribution in [3.05, 3.63) is 83.9 Å². The second-order valence-electron chi connectivity index (χ2n) is 7.96. The standard InChI is InChI=1S/C27H29N3O5/c1-3-15-28-27(34)29-22-6-4-5-21(17-22)19-9-7-18(8-10-19)16-24(26(32)33)30-25(31)20-11-13-23(35-2)14-12-20/h4-14,17,24H,3,15-16H2,1-2H3,(H,30,31)(H,32,33)(H2,28,29,34)/t24-/m0/s1. The van der Waals surface area contributed by atoms with Crippen molar-refractivity contribution < 1.29 is 24.2 Å². The van der Waals surface area contributed by atoms with Gasteiger partial charge in [0.05, 0.1) is 7.11 Å². The normalized spacial score (nSPS) is 11.3. The molecule has 0 aliphatic heterocycles. The lowest BCUT2D eigenvalue weighted by Crippen LogP contribution is -2.42. The molecular weight excluding hydrogens is 446 g/mol. The zero-order valence-electron chi connectivity index (χ0n) is 19.7. The van der Waals surface area contributed by atoms with E-state index >= 15 is 0 Å². The monoisotopic (exact) mass is 475 g/mol. The fourth-order valence-corrected chi connectivity index (χ4v) is 3.44. The fraction of sp³-hybridized carbons (Fsp3) is 0.222. The molecule has 8 heteroatoms. The van der Waals surface area contributed by atoms with Crippen LogP contribution in [0, 0.1) is 0 Å². The molecule has 3 aromatic rings. The molecule has 3 amide bonds. The highest BCUT2D eigenvalue weighted by Crippen LogP contribution is 2.23. The van der Waals surface area contributed by atoms with Crippen molar-refractivity contribution in [1.29, 1.82) is 0 Å². The van der Waals surface area contributed by atoms with Gasteiger partial charge >= 0.3 is 12.0 Å². The zero-order valence-corrected chi connectivity index (χ0v) is 19.7. The van der Waals surface area contributed by atoms with E-state index in [0.29, 0.717) is 23.5 Å². The van der Waals surface area contributed by atoms with Gasteiger partial charge in [-0.2, -0.15) is 0 Å². The van der Waals surface area contributed by atoms with Gasteiger partial charge in [-0.05, 0) is 59.5 Å². The quantitative estimate of drug-likeness (QED) is 0.348. The second kappa shape index (κ2) is 12.2. The third-order valence-corrected chi connectivity index (χ3v) is 5.34. The van der Waals surface area contributed by atoms with Crippen LogP contribution in [0.4, 0.5) is 10.5 Å². The molecule has 0 bridgehead atoms. The first-order valence-corrected chi connectivity index (χ1v) is 11.3. The Morgan fingerprint density at radius 1 is 0.943 bits per heavy atom. The van der Waals surface area contributed by atoms with E-state index < -0.39 is 17.9 Å². The van der Waals surface area contributed by atoms with Gasteiger partial charge < -0.3 is 25.8 Å². The molecule has 0 saturated heterocycles. The van der Waals surface area contributed by atoms with Crippen LogP contribution in [0.15, 0.2) is 72.8 Å². The summed E-state index contributed by atoms with van der Waals surface area (Å²) in [6.07, 6.45) is 0.990. The maximum absolute atomic E-state index is 12.5. The molecule has 1 atom stereocenters. The van der Waals surface area contributed by atoms with Crippen molar-refractivity contribution in [3.8, 4) is 16.9 Å². The number of carboxylic acids is 1. The lowest BCUT2D eigenvalue weighted by Gasteiger charge is -2.15. The van der Waals surface area contributed by atoms with Gasteiger partial charge in [-0.25, -0.2) is 9.59 Å². The van der Waals surface area contributed by atoms with Gasteiger partial charge in [-0.15, -0.1) is 0 Å². The number of hydrogen-bond donors (Lipinski definition) is 4. The van der Waals surface area contributed by atoms with Gasteiger partial charge in [0.25, 0.3) is 5.91 Å². The first kappa shape index (κ1) is 25.3. The molecule has 35 heavy (non-hydrogen) atoms. The Hall–Kier alpha value is -4.33. The van der Waals surface area contributed by atoms with Crippen molar-refractivity contribution >= 4 is 23.6 Å². The highest BCUT2D eigenvalue weighted by Gasteiger charge is 2.21. The Morgan fingerprint density at radius 3 is 2.29 bits per heavy atom.